The Balaban J connectivity index is 1.96. The van der Waals surface area contributed by atoms with Gasteiger partial charge in [-0.3, -0.25) is 4.79 Å². The monoisotopic (exact) mass is 333 g/mol. The van der Waals surface area contributed by atoms with Crippen molar-refractivity contribution in [1.29, 1.82) is 0 Å². The molecule has 2 aromatic heterocycles. The number of aryl methyl sites for hydroxylation is 2. The maximum atomic E-state index is 12.5. The smallest absolute Gasteiger partial charge is 0.267 e. The number of thiazole rings is 1. The number of hydrogen-bond donors (Lipinski definition) is 1. The van der Waals surface area contributed by atoms with Gasteiger partial charge in [0, 0.05) is 5.02 Å². The van der Waals surface area contributed by atoms with Gasteiger partial charge < -0.3 is 5.32 Å². The Morgan fingerprint density at radius 1 is 1.36 bits per heavy atom. The summed E-state index contributed by atoms with van der Waals surface area (Å²) >= 11 is 7.40. The lowest BCUT2D eigenvalue weighted by Crippen LogP contribution is -2.14. The zero-order valence-corrected chi connectivity index (χ0v) is 13.4. The number of amides is 1. The van der Waals surface area contributed by atoms with Gasteiger partial charge in [0.1, 0.15) is 17.5 Å². The number of halogens is 1. The second-order valence-electron chi connectivity index (χ2n) is 4.60. The molecule has 0 radical (unpaired) electrons. The highest BCUT2D eigenvalue weighted by atomic mass is 35.5. The Morgan fingerprint density at radius 2 is 2.18 bits per heavy atom. The van der Waals surface area contributed by atoms with Crippen molar-refractivity contribution in [1.82, 2.24) is 19.7 Å². The third kappa shape index (κ3) is 2.86. The highest BCUT2D eigenvalue weighted by molar-refractivity contribution is 7.13. The number of carbonyl (C=O) groups excluding carboxylic acids is 1. The first-order valence-corrected chi connectivity index (χ1v) is 7.64. The van der Waals surface area contributed by atoms with Gasteiger partial charge in [0.15, 0.2) is 0 Å². The summed E-state index contributed by atoms with van der Waals surface area (Å²) in [5.74, 6) is -0.216. The number of hydrogen-bond acceptors (Lipinski definition) is 5. The Kier molecular flexibility index (Phi) is 3.91. The lowest BCUT2D eigenvalue weighted by atomic mass is 10.2. The Labute approximate surface area is 135 Å². The summed E-state index contributed by atoms with van der Waals surface area (Å²) in [6.07, 6.45) is 2.98. The quantitative estimate of drug-likeness (QED) is 0.798. The van der Waals surface area contributed by atoms with E-state index in [1.807, 2.05) is 13.8 Å². The normalized spacial score (nSPS) is 10.7. The number of rotatable bonds is 3. The van der Waals surface area contributed by atoms with Crippen LogP contribution in [-0.4, -0.2) is 25.7 Å². The molecule has 112 valence electrons. The second-order valence-corrected chi connectivity index (χ2v) is 6.24. The van der Waals surface area contributed by atoms with E-state index >= 15 is 0 Å². The minimum atomic E-state index is -0.216. The van der Waals surface area contributed by atoms with Gasteiger partial charge in [-0.05, 0) is 32.0 Å². The fourth-order valence-corrected chi connectivity index (χ4v) is 3.05. The lowest BCUT2D eigenvalue weighted by Gasteiger charge is -2.11. The van der Waals surface area contributed by atoms with Crippen molar-refractivity contribution < 1.29 is 4.79 Å². The first kappa shape index (κ1) is 14.7. The molecule has 0 aliphatic rings. The van der Waals surface area contributed by atoms with Crippen LogP contribution >= 0.6 is 22.9 Å². The Hall–Kier alpha value is -2.25. The second kappa shape index (κ2) is 5.86. The minimum Gasteiger partial charge on any atom is -0.319 e. The van der Waals surface area contributed by atoms with Crippen molar-refractivity contribution in [3.8, 4) is 5.69 Å². The molecular formula is C14H12ClN5OS. The third-order valence-corrected chi connectivity index (χ3v) is 4.29. The molecule has 0 aliphatic carbocycles. The zero-order valence-electron chi connectivity index (χ0n) is 11.9. The van der Waals surface area contributed by atoms with E-state index in [4.69, 9.17) is 11.6 Å². The van der Waals surface area contributed by atoms with Crippen molar-refractivity contribution in [3.05, 3.63) is 51.5 Å². The third-order valence-electron chi connectivity index (χ3n) is 2.98. The van der Waals surface area contributed by atoms with E-state index in [2.05, 4.69) is 20.4 Å². The molecule has 2 heterocycles. The Bertz CT molecular complexity index is 828. The molecule has 3 rings (SSSR count). The molecule has 0 bridgehead atoms. The van der Waals surface area contributed by atoms with Crippen molar-refractivity contribution >= 4 is 34.5 Å². The van der Waals surface area contributed by atoms with Crippen LogP contribution in [-0.2, 0) is 0 Å². The molecule has 0 spiro atoms. The van der Waals surface area contributed by atoms with Gasteiger partial charge >= 0.3 is 0 Å². The van der Waals surface area contributed by atoms with E-state index in [0.29, 0.717) is 27.0 Å². The number of aromatic nitrogens is 4. The average molecular weight is 334 g/mol. The van der Waals surface area contributed by atoms with E-state index in [1.54, 1.807) is 29.2 Å². The van der Waals surface area contributed by atoms with Gasteiger partial charge in [0.2, 0.25) is 0 Å². The van der Waals surface area contributed by atoms with Crippen LogP contribution in [0.1, 0.15) is 20.4 Å². The van der Waals surface area contributed by atoms with Gasteiger partial charge in [0.05, 0.1) is 22.1 Å². The highest BCUT2D eigenvalue weighted by Crippen LogP contribution is 2.26. The molecule has 22 heavy (non-hydrogen) atoms. The number of anilines is 1. The molecule has 0 fully saturated rings. The predicted molar refractivity (Wildman–Crippen MR) is 85.9 cm³/mol. The van der Waals surface area contributed by atoms with Gasteiger partial charge in [-0.25, -0.2) is 14.6 Å². The fraction of sp³-hybridized carbons (Fsp3) is 0.143. The van der Waals surface area contributed by atoms with Crippen LogP contribution in [0.25, 0.3) is 5.69 Å². The largest absolute Gasteiger partial charge is 0.319 e. The predicted octanol–water partition coefficient (Wildman–Crippen LogP) is 3.25. The number of nitrogens with one attached hydrogen (secondary N) is 1. The fourth-order valence-electron chi connectivity index (χ4n) is 2.06. The minimum absolute atomic E-state index is 0.216. The topological polar surface area (TPSA) is 72.7 Å². The van der Waals surface area contributed by atoms with E-state index in [1.165, 1.54) is 17.7 Å². The van der Waals surface area contributed by atoms with Crippen LogP contribution in [0, 0.1) is 13.8 Å². The average Bonchev–Trinajstić information content (AvgIpc) is 3.08. The summed E-state index contributed by atoms with van der Waals surface area (Å²) in [6.45, 7) is 3.68. The summed E-state index contributed by atoms with van der Waals surface area (Å²) in [6, 6.07) is 5.19. The van der Waals surface area contributed by atoms with E-state index < -0.39 is 0 Å². The SMILES string of the molecule is Cc1nc(C)c(C(=O)Nc2cc(Cl)ccc2-n2cncn2)s1. The molecular weight excluding hydrogens is 322 g/mol. The molecule has 3 aromatic rings. The number of carbonyl (C=O) groups is 1. The standard InChI is InChI=1S/C14H12ClN5OS/c1-8-13(22-9(2)18-8)14(21)19-11-5-10(15)3-4-12(11)20-7-16-6-17-20/h3-7H,1-2H3,(H,19,21). The molecule has 0 saturated heterocycles. The summed E-state index contributed by atoms with van der Waals surface area (Å²) in [7, 11) is 0. The lowest BCUT2D eigenvalue weighted by molar-refractivity contribution is 0.103. The van der Waals surface area contributed by atoms with E-state index in [0.717, 1.165) is 5.01 Å². The first-order valence-electron chi connectivity index (χ1n) is 6.44. The van der Waals surface area contributed by atoms with Crippen LogP contribution < -0.4 is 5.32 Å². The Morgan fingerprint density at radius 3 is 2.82 bits per heavy atom. The van der Waals surface area contributed by atoms with Crippen LogP contribution in [0.3, 0.4) is 0 Å². The van der Waals surface area contributed by atoms with Crippen LogP contribution in [0.15, 0.2) is 30.9 Å². The van der Waals surface area contributed by atoms with Gasteiger partial charge in [0.25, 0.3) is 5.91 Å². The summed E-state index contributed by atoms with van der Waals surface area (Å²) in [5, 5.41) is 8.32. The van der Waals surface area contributed by atoms with Gasteiger partial charge in [-0.2, -0.15) is 5.10 Å². The van der Waals surface area contributed by atoms with Crippen LogP contribution in [0.5, 0.6) is 0 Å². The molecule has 1 N–H and O–H groups in total. The first-order chi connectivity index (χ1) is 10.5. The summed E-state index contributed by atoms with van der Waals surface area (Å²) in [4.78, 5) is 21.2. The summed E-state index contributed by atoms with van der Waals surface area (Å²) < 4.78 is 1.57. The molecule has 0 atom stereocenters. The van der Waals surface area contributed by atoms with Crippen LogP contribution in [0.4, 0.5) is 5.69 Å². The van der Waals surface area contributed by atoms with Crippen molar-refractivity contribution in [2.24, 2.45) is 0 Å². The van der Waals surface area contributed by atoms with Gasteiger partial charge in [-0.1, -0.05) is 11.6 Å². The van der Waals surface area contributed by atoms with E-state index in [-0.39, 0.29) is 5.91 Å². The maximum absolute atomic E-state index is 12.5. The number of nitrogens with zero attached hydrogens (tertiary/aromatic N) is 4. The highest BCUT2D eigenvalue weighted by Gasteiger charge is 2.16. The molecule has 1 aromatic carbocycles. The molecule has 0 aliphatic heterocycles. The van der Waals surface area contributed by atoms with E-state index in [9.17, 15) is 4.79 Å². The molecule has 0 unspecified atom stereocenters. The van der Waals surface area contributed by atoms with Crippen molar-refractivity contribution in [2.45, 2.75) is 13.8 Å². The van der Waals surface area contributed by atoms with Crippen molar-refractivity contribution in [3.63, 3.8) is 0 Å². The number of benzene rings is 1. The molecule has 8 heteroatoms. The van der Waals surface area contributed by atoms with Gasteiger partial charge in [-0.15, -0.1) is 11.3 Å². The zero-order chi connectivity index (χ0) is 15.7. The van der Waals surface area contributed by atoms with Crippen molar-refractivity contribution in [2.75, 3.05) is 5.32 Å². The summed E-state index contributed by atoms with van der Waals surface area (Å²) in [5.41, 5.74) is 1.96. The molecule has 1 amide bonds. The maximum Gasteiger partial charge on any atom is 0.267 e. The van der Waals surface area contributed by atoms with Crippen LogP contribution in [0.2, 0.25) is 5.02 Å². The molecule has 6 nitrogen and oxygen atoms in total. The molecule has 0 saturated carbocycles.